The molecule has 16 heavy (non-hydrogen) atoms. The van der Waals surface area contributed by atoms with Crippen molar-refractivity contribution in [2.75, 3.05) is 18.4 Å². The number of benzene rings is 1. The summed E-state index contributed by atoms with van der Waals surface area (Å²) in [5.41, 5.74) is 5.66. The van der Waals surface area contributed by atoms with Gasteiger partial charge in [-0.25, -0.2) is 4.39 Å². The molecule has 1 aliphatic rings. The summed E-state index contributed by atoms with van der Waals surface area (Å²) in [4.78, 5) is 10.8. The summed E-state index contributed by atoms with van der Waals surface area (Å²) in [7, 11) is 0. The molecule has 1 heterocycles. The summed E-state index contributed by atoms with van der Waals surface area (Å²) in [6, 6.07) is 4.48. The first-order valence-corrected chi connectivity index (χ1v) is 5.23. The second-order valence-electron chi connectivity index (χ2n) is 3.89. The molecule has 4 nitrogen and oxygen atoms in total. The Balaban J connectivity index is 2.12. The third-order valence-electron chi connectivity index (χ3n) is 2.67. The molecule has 86 valence electrons. The van der Waals surface area contributed by atoms with Crippen molar-refractivity contribution in [3.8, 4) is 0 Å². The van der Waals surface area contributed by atoms with Crippen LogP contribution in [0, 0.1) is 5.82 Å². The van der Waals surface area contributed by atoms with E-state index >= 15 is 0 Å². The molecule has 0 saturated carbocycles. The number of halogens is 1. The van der Waals surface area contributed by atoms with E-state index in [1.54, 1.807) is 6.07 Å². The van der Waals surface area contributed by atoms with Crippen molar-refractivity contribution in [3.05, 3.63) is 29.6 Å². The van der Waals surface area contributed by atoms with Crippen LogP contribution in [0.4, 0.5) is 10.1 Å². The summed E-state index contributed by atoms with van der Waals surface area (Å²) in [5.74, 6) is -1.06. The van der Waals surface area contributed by atoms with Gasteiger partial charge in [0.1, 0.15) is 5.82 Å². The van der Waals surface area contributed by atoms with E-state index in [9.17, 15) is 9.18 Å². The Hall–Kier alpha value is -1.62. The van der Waals surface area contributed by atoms with E-state index in [1.807, 2.05) is 0 Å². The van der Waals surface area contributed by atoms with Gasteiger partial charge >= 0.3 is 0 Å². The highest BCUT2D eigenvalue weighted by Gasteiger charge is 2.16. The van der Waals surface area contributed by atoms with E-state index in [1.165, 1.54) is 6.07 Å². The van der Waals surface area contributed by atoms with Crippen LogP contribution in [0.2, 0.25) is 0 Å². The Morgan fingerprint density at radius 2 is 2.38 bits per heavy atom. The lowest BCUT2D eigenvalue weighted by Gasteiger charge is -2.13. The second kappa shape index (κ2) is 4.49. The zero-order valence-electron chi connectivity index (χ0n) is 8.79. The number of anilines is 1. The Morgan fingerprint density at radius 3 is 2.94 bits per heavy atom. The highest BCUT2D eigenvalue weighted by atomic mass is 19.1. The van der Waals surface area contributed by atoms with E-state index in [2.05, 4.69) is 10.6 Å². The minimum absolute atomic E-state index is 0.188. The van der Waals surface area contributed by atoms with Crippen molar-refractivity contribution < 1.29 is 9.18 Å². The molecule has 1 unspecified atom stereocenters. The smallest absolute Gasteiger partial charge is 0.248 e. The van der Waals surface area contributed by atoms with E-state index < -0.39 is 11.7 Å². The van der Waals surface area contributed by atoms with Gasteiger partial charge in [0.05, 0.1) is 5.69 Å². The molecule has 1 aromatic rings. The number of nitrogens with two attached hydrogens (primary N) is 1. The number of hydrogen-bond acceptors (Lipinski definition) is 3. The summed E-state index contributed by atoms with van der Waals surface area (Å²) in [6.07, 6.45) is 0.969. The molecule has 1 atom stereocenters. The van der Waals surface area contributed by atoms with Crippen LogP contribution in [0.5, 0.6) is 0 Å². The molecule has 4 N–H and O–H groups in total. The molecule has 0 radical (unpaired) electrons. The quantitative estimate of drug-likeness (QED) is 0.706. The first kappa shape index (κ1) is 10.9. The zero-order chi connectivity index (χ0) is 11.5. The first-order chi connectivity index (χ1) is 7.66. The average Bonchev–Trinajstić information content (AvgIpc) is 2.73. The predicted molar refractivity (Wildman–Crippen MR) is 59.8 cm³/mol. The van der Waals surface area contributed by atoms with Crippen molar-refractivity contribution in [2.45, 2.75) is 12.5 Å². The van der Waals surface area contributed by atoms with Crippen LogP contribution in [0.1, 0.15) is 16.8 Å². The number of carbonyl (C=O) groups excluding carboxylic acids is 1. The molecule has 0 spiro atoms. The SMILES string of the molecule is NC(=O)c1ccc(NC2CCNC2)c(F)c1. The lowest BCUT2D eigenvalue weighted by molar-refractivity contribution is 0.1000. The summed E-state index contributed by atoms with van der Waals surface area (Å²) >= 11 is 0. The molecule has 1 amide bonds. The van der Waals surface area contributed by atoms with Gasteiger partial charge in [-0.2, -0.15) is 0 Å². The maximum Gasteiger partial charge on any atom is 0.248 e. The molecule has 5 heteroatoms. The fourth-order valence-corrected chi connectivity index (χ4v) is 1.78. The normalized spacial score (nSPS) is 19.7. The number of amides is 1. The molecule has 1 fully saturated rings. The number of nitrogens with one attached hydrogen (secondary N) is 2. The van der Waals surface area contributed by atoms with Gasteiger partial charge in [-0.3, -0.25) is 4.79 Å². The Kier molecular flexibility index (Phi) is 3.05. The highest BCUT2D eigenvalue weighted by Crippen LogP contribution is 2.17. The second-order valence-corrected chi connectivity index (χ2v) is 3.89. The van der Waals surface area contributed by atoms with Gasteiger partial charge in [-0.1, -0.05) is 0 Å². The third-order valence-corrected chi connectivity index (χ3v) is 2.67. The van der Waals surface area contributed by atoms with Crippen LogP contribution in [-0.4, -0.2) is 25.0 Å². The van der Waals surface area contributed by atoms with Gasteiger partial charge in [-0.15, -0.1) is 0 Å². The van der Waals surface area contributed by atoms with Gasteiger partial charge in [0, 0.05) is 18.2 Å². The minimum atomic E-state index is -0.618. The monoisotopic (exact) mass is 223 g/mol. The topological polar surface area (TPSA) is 67.2 Å². The minimum Gasteiger partial charge on any atom is -0.379 e. The lowest BCUT2D eigenvalue weighted by atomic mass is 10.1. The molecule has 1 aliphatic heterocycles. The highest BCUT2D eigenvalue weighted by molar-refractivity contribution is 5.93. The largest absolute Gasteiger partial charge is 0.379 e. The van der Waals surface area contributed by atoms with E-state index in [4.69, 9.17) is 5.73 Å². The number of primary amides is 1. The van der Waals surface area contributed by atoms with Gasteiger partial charge in [-0.05, 0) is 31.2 Å². The number of rotatable bonds is 3. The van der Waals surface area contributed by atoms with Gasteiger partial charge in [0.2, 0.25) is 5.91 Å². The van der Waals surface area contributed by atoms with Crippen molar-refractivity contribution in [2.24, 2.45) is 5.73 Å². The maximum absolute atomic E-state index is 13.6. The Morgan fingerprint density at radius 1 is 1.56 bits per heavy atom. The first-order valence-electron chi connectivity index (χ1n) is 5.23. The van der Waals surface area contributed by atoms with Crippen LogP contribution in [0.15, 0.2) is 18.2 Å². The van der Waals surface area contributed by atoms with Gasteiger partial charge in [0.15, 0.2) is 0 Å². The lowest BCUT2D eigenvalue weighted by Crippen LogP contribution is -2.22. The molecular formula is C11H14FN3O. The van der Waals surface area contributed by atoms with Crippen LogP contribution in [0.3, 0.4) is 0 Å². The Labute approximate surface area is 93.0 Å². The van der Waals surface area contributed by atoms with Crippen molar-refractivity contribution in [1.29, 1.82) is 0 Å². The predicted octanol–water partition coefficient (Wildman–Crippen LogP) is 0.698. The molecule has 1 aromatic carbocycles. The molecule has 0 aromatic heterocycles. The summed E-state index contributed by atoms with van der Waals surface area (Å²) < 4.78 is 13.6. The van der Waals surface area contributed by atoms with Gasteiger partial charge < -0.3 is 16.4 Å². The fourth-order valence-electron chi connectivity index (χ4n) is 1.78. The molecule has 1 saturated heterocycles. The average molecular weight is 223 g/mol. The van der Waals surface area contributed by atoms with E-state index in [0.717, 1.165) is 25.6 Å². The number of carbonyl (C=O) groups is 1. The molecule has 0 bridgehead atoms. The van der Waals surface area contributed by atoms with E-state index in [0.29, 0.717) is 5.69 Å². The third kappa shape index (κ3) is 2.30. The van der Waals surface area contributed by atoms with Crippen LogP contribution >= 0.6 is 0 Å². The summed E-state index contributed by atoms with van der Waals surface area (Å²) in [5, 5.41) is 6.27. The fraction of sp³-hybridized carbons (Fsp3) is 0.364. The molecular weight excluding hydrogens is 209 g/mol. The van der Waals surface area contributed by atoms with E-state index in [-0.39, 0.29) is 11.6 Å². The molecule has 2 rings (SSSR count). The maximum atomic E-state index is 13.6. The Bertz CT molecular complexity index is 402. The zero-order valence-corrected chi connectivity index (χ0v) is 8.79. The van der Waals surface area contributed by atoms with Crippen LogP contribution in [0.25, 0.3) is 0 Å². The van der Waals surface area contributed by atoms with Crippen molar-refractivity contribution in [3.63, 3.8) is 0 Å². The number of hydrogen-bond donors (Lipinski definition) is 3. The van der Waals surface area contributed by atoms with Crippen LogP contribution in [-0.2, 0) is 0 Å². The van der Waals surface area contributed by atoms with Crippen molar-refractivity contribution in [1.82, 2.24) is 5.32 Å². The standard InChI is InChI=1S/C11H14FN3O/c12-9-5-7(11(13)16)1-2-10(9)15-8-3-4-14-6-8/h1-2,5,8,14-15H,3-4,6H2,(H2,13,16). The molecule has 0 aliphatic carbocycles. The van der Waals surface area contributed by atoms with Crippen LogP contribution < -0.4 is 16.4 Å². The van der Waals surface area contributed by atoms with Crippen molar-refractivity contribution >= 4 is 11.6 Å². The summed E-state index contributed by atoms with van der Waals surface area (Å²) in [6.45, 7) is 1.77. The van der Waals surface area contributed by atoms with Gasteiger partial charge in [0.25, 0.3) is 0 Å².